The average molecular weight is 286 g/mol. The number of rotatable bonds is 5. The first kappa shape index (κ1) is 15.2. The Morgan fingerprint density at radius 1 is 0.857 bits per heavy atom. The first-order valence-electron chi connectivity index (χ1n) is 7.17. The van der Waals surface area contributed by atoms with Crippen molar-refractivity contribution in [2.45, 2.75) is 33.1 Å². The number of aryl methyl sites for hydroxylation is 2. The third-order valence-corrected chi connectivity index (χ3v) is 4.05. The lowest BCUT2D eigenvalue weighted by Gasteiger charge is -2.11. The van der Waals surface area contributed by atoms with Crippen LogP contribution >= 0.6 is 0 Å². The van der Waals surface area contributed by atoms with Crippen LogP contribution in [0, 0.1) is 13.8 Å². The van der Waals surface area contributed by atoms with Gasteiger partial charge in [0, 0.05) is 0 Å². The molecule has 112 valence electrons. The fourth-order valence-corrected chi connectivity index (χ4v) is 2.49. The lowest BCUT2D eigenvalue weighted by molar-refractivity contribution is 0.410. The van der Waals surface area contributed by atoms with Gasteiger partial charge in [0.25, 0.3) is 0 Å². The molecular formula is C18H22O3. The van der Waals surface area contributed by atoms with Crippen LogP contribution in [-0.4, -0.2) is 17.3 Å². The molecule has 0 atom stereocenters. The maximum atomic E-state index is 9.87. The van der Waals surface area contributed by atoms with Gasteiger partial charge in [-0.1, -0.05) is 6.07 Å². The molecule has 2 rings (SSSR count). The largest absolute Gasteiger partial charge is 0.508 e. The van der Waals surface area contributed by atoms with E-state index in [9.17, 15) is 10.2 Å². The summed E-state index contributed by atoms with van der Waals surface area (Å²) in [6.07, 6.45) is 2.65. The molecule has 2 aromatic carbocycles. The molecular weight excluding hydrogens is 264 g/mol. The lowest BCUT2D eigenvalue weighted by Crippen LogP contribution is -1.96. The van der Waals surface area contributed by atoms with Crippen LogP contribution in [0.1, 0.15) is 28.7 Å². The summed E-state index contributed by atoms with van der Waals surface area (Å²) >= 11 is 0. The smallest absolute Gasteiger partial charge is 0.119 e. The van der Waals surface area contributed by atoms with E-state index in [-0.39, 0.29) is 0 Å². The highest BCUT2D eigenvalue weighted by molar-refractivity contribution is 5.43. The monoisotopic (exact) mass is 286 g/mol. The number of phenolic OH excluding ortho intramolecular Hbond substituents is 2. The van der Waals surface area contributed by atoms with Crippen LogP contribution in [0.2, 0.25) is 0 Å². The van der Waals surface area contributed by atoms with Crippen molar-refractivity contribution in [2.75, 3.05) is 7.11 Å². The number of hydrogen-bond acceptors (Lipinski definition) is 3. The molecule has 0 radical (unpaired) electrons. The predicted octanol–water partition coefficient (Wildman–Crippen LogP) is 3.90. The van der Waals surface area contributed by atoms with Crippen molar-refractivity contribution in [3.8, 4) is 17.2 Å². The lowest BCUT2D eigenvalue weighted by atomic mass is 9.97. The molecule has 0 unspecified atom stereocenters. The Balaban J connectivity index is 2.03. The summed E-state index contributed by atoms with van der Waals surface area (Å²) in [6, 6.07) is 9.03. The van der Waals surface area contributed by atoms with Gasteiger partial charge in [0.1, 0.15) is 17.2 Å². The predicted molar refractivity (Wildman–Crippen MR) is 84.3 cm³/mol. The molecule has 2 N–H and O–H groups in total. The van der Waals surface area contributed by atoms with Crippen LogP contribution in [-0.2, 0) is 12.8 Å². The highest BCUT2D eigenvalue weighted by Crippen LogP contribution is 2.26. The Hall–Kier alpha value is -2.16. The van der Waals surface area contributed by atoms with Crippen molar-refractivity contribution in [1.29, 1.82) is 0 Å². The summed E-state index contributed by atoms with van der Waals surface area (Å²) in [5.74, 6) is 1.43. The molecule has 21 heavy (non-hydrogen) atoms. The Morgan fingerprint density at radius 3 is 2.24 bits per heavy atom. The number of benzene rings is 2. The zero-order chi connectivity index (χ0) is 15.4. The minimum absolute atomic E-state index is 0.314. The highest BCUT2D eigenvalue weighted by Gasteiger charge is 2.07. The Kier molecular flexibility index (Phi) is 4.73. The van der Waals surface area contributed by atoms with Gasteiger partial charge in [-0.2, -0.15) is 0 Å². The van der Waals surface area contributed by atoms with E-state index >= 15 is 0 Å². The van der Waals surface area contributed by atoms with Crippen molar-refractivity contribution >= 4 is 0 Å². The molecule has 0 aliphatic rings. The summed E-state index contributed by atoms with van der Waals surface area (Å²) in [7, 11) is 1.62. The molecule has 0 spiro atoms. The van der Waals surface area contributed by atoms with Gasteiger partial charge in [0.15, 0.2) is 0 Å². The van der Waals surface area contributed by atoms with Crippen LogP contribution in [0.4, 0.5) is 0 Å². The number of hydrogen-bond donors (Lipinski definition) is 2. The first-order valence-corrected chi connectivity index (χ1v) is 7.17. The average Bonchev–Trinajstić information content (AvgIpc) is 2.49. The maximum absolute atomic E-state index is 9.87. The second-order valence-electron chi connectivity index (χ2n) is 5.34. The topological polar surface area (TPSA) is 49.7 Å². The summed E-state index contributed by atoms with van der Waals surface area (Å²) < 4.78 is 5.18. The summed E-state index contributed by atoms with van der Waals surface area (Å²) in [6.45, 7) is 3.97. The zero-order valence-corrected chi connectivity index (χ0v) is 12.8. The van der Waals surface area contributed by atoms with Crippen molar-refractivity contribution < 1.29 is 14.9 Å². The fraction of sp³-hybridized carbons (Fsp3) is 0.333. The molecule has 0 aliphatic heterocycles. The Bertz CT molecular complexity index is 633. The summed E-state index contributed by atoms with van der Waals surface area (Å²) in [5, 5.41) is 19.5. The van der Waals surface area contributed by atoms with E-state index < -0.39 is 0 Å². The van der Waals surface area contributed by atoms with Crippen molar-refractivity contribution in [2.24, 2.45) is 0 Å². The van der Waals surface area contributed by atoms with Gasteiger partial charge < -0.3 is 14.9 Å². The molecule has 0 aromatic heterocycles. The van der Waals surface area contributed by atoms with Crippen LogP contribution in [0.5, 0.6) is 17.2 Å². The minimum Gasteiger partial charge on any atom is -0.508 e. The Labute approximate surface area is 125 Å². The number of ether oxygens (including phenoxy) is 1. The minimum atomic E-state index is 0.314. The van der Waals surface area contributed by atoms with Gasteiger partial charge >= 0.3 is 0 Å². The molecule has 3 heteroatoms. The number of aromatic hydroxyl groups is 2. The standard InChI is InChI=1S/C18H22O3/c1-12-13(2)17(19)9-7-14(12)5-4-6-15-11-16(21-3)8-10-18(15)20/h7-11,19-20H,4-6H2,1-3H3. The van der Waals surface area contributed by atoms with E-state index in [1.807, 2.05) is 26.0 Å². The van der Waals surface area contributed by atoms with Gasteiger partial charge in [0.05, 0.1) is 7.11 Å². The second-order valence-corrected chi connectivity index (χ2v) is 5.34. The molecule has 2 aromatic rings. The molecule has 3 nitrogen and oxygen atoms in total. The molecule has 0 bridgehead atoms. The van der Waals surface area contributed by atoms with Crippen LogP contribution < -0.4 is 4.74 Å². The van der Waals surface area contributed by atoms with Gasteiger partial charge in [-0.25, -0.2) is 0 Å². The molecule has 0 amide bonds. The molecule has 0 saturated heterocycles. The second kappa shape index (κ2) is 6.53. The normalized spacial score (nSPS) is 10.6. The molecule has 0 fully saturated rings. The third-order valence-electron chi connectivity index (χ3n) is 4.05. The number of phenols is 2. The van der Waals surface area contributed by atoms with E-state index in [0.29, 0.717) is 11.5 Å². The van der Waals surface area contributed by atoms with Crippen molar-refractivity contribution in [3.63, 3.8) is 0 Å². The van der Waals surface area contributed by atoms with Crippen molar-refractivity contribution in [1.82, 2.24) is 0 Å². The maximum Gasteiger partial charge on any atom is 0.119 e. The SMILES string of the molecule is COc1ccc(O)c(CCCc2ccc(O)c(C)c2C)c1. The first-order chi connectivity index (χ1) is 10.0. The van der Waals surface area contributed by atoms with E-state index in [1.165, 1.54) is 5.56 Å². The zero-order valence-electron chi connectivity index (χ0n) is 12.8. The van der Waals surface area contributed by atoms with Gasteiger partial charge in [-0.3, -0.25) is 0 Å². The molecule has 0 saturated carbocycles. The highest BCUT2D eigenvalue weighted by atomic mass is 16.5. The summed E-state index contributed by atoms with van der Waals surface area (Å²) in [5.41, 5.74) is 4.23. The molecule has 0 aliphatic carbocycles. The quantitative estimate of drug-likeness (QED) is 0.876. The van der Waals surface area contributed by atoms with Crippen LogP contribution in [0.25, 0.3) is 0 Å². The van der Waals surface area contributed by atoms with E-state index in [2.05, 4.69) is 0 Å². The third kappa shape index (κ3) is 3.48. The van der Waals surface area contributed by atoms with Crippen LogP contribution in [0.3, 0.4) is 0 Å². The van der Waals surface area contributed by atoms with Gasteiger partial charge in [-0.05, 0) is 79.6 Å². The van der Waals surface area contributed by atoms with E-state index in [4.69, 9.17) is 4.74 Å². The van der Waals surface area contributed by atoms with Gasteiger partial charge in [0.2, 0.25) is 0 Å². The Morgan fingerprint density at radius 2 is 1.52 bits per heavy atom. The molecule has 0 heterocycles. The van der Waals surface area contributed by atoms with Gasteiger partial charge in [-0.15, -0.1) is 0 Å². The van der Waals surface area contributed by atoms with Crippen LogP contribution in [0.15, 0.2) is 30.3 Å². The van der Waals surface area contributed by atoms with E-state index in [0.717, 1.165) is 41.7 Å². The summed E-state index contributed by atoms with van der Waals surface area (Å²) in [4.78, 5) is 0. The van der Waals surface area contributed by atoms with E-state index in [1.54, 1.807) is 25.3 Å². The van der Waals surface area contributed by atoms with Crippen molar-refractivity contribution in [3.05, 3.63) is 52.6 Å². The number of methoxy groups -OCH3 is 1. The fourth-order valence-electron chi connectivity index (χ4n) is 2.49.